The van der Waals surface area contributed by atoms with Crippen LogP contribution in [0, 0.1) is 12.8 Å². The van der Waals surface area contributed by atoms with Gasteiger partial charge in [-0.05, 0) is 31.0 Å². The standard InChI is InChI=1S/C21H24N2O2/c1-16-8-10-19(11-9-16)22(2)21(25)18-14-20(24)23(15-18)13-12-17-6-4-3-5-7-17/h3-11,18H,12-15H2,1-2H3/t18-/m0/s1. The molecule has 1 aliphatic rings. The summed E-state index contributed by atoms with van der Waals surface area (Å²) in [5, 5.41) is 0. The first-order valence-electron chi connectivity index (χ1n) is 8.70. The Balaban J connectivity index is 1.59. The Morgan fingerprint density at radius 3 is 2.48 bits per heavy atom. The number of hydrogen-bond acceptors (Lipinski definition) is 2. The van der Waals surface area contributed by atoms with Crippen LogP contribution < -0.4 is 4.90 Å². The minimum Gasteiger partial charge on any atom is -0.342 e. The summed E-state index contributed by atoms with van der Waals surface area (Å²) in [4.78, 5) is 28.5. The third-order valence-electron chi connectivity index (χ3n) is 4.83. The lowest BCUT2D eigenvalue weighted by Gasteiger charge is -2.21. The van der Waals surface area contributed by atoms with Crippen molar-refractivity contribution >= 4 is 17.5 Å². The van der Waals surface area contributed by atoms with Gasteiger partial charge in [0, 0.05) is 32.2 Å². The second-order valence-corrected chi connectivity index (χ2v) is 6.71. The second-order valence-electron chi connectivity index (χ2n) is 6.71. The van der Waals surface area contributed by atoms with Gasteiger partial charge in [0.25, 0.3) is 0 Å². The summed E-state index contributed by atoms with van der Waals surface area (Å²) in [5.41, 5.74) is 3.24. The van der Waals surface area contributed by atoms with E-state index >= 15 is 0 Å². The van der Waals surface area contributed by atoms with Crippen LogP contribution in [-0.4, -0.2) is 36.9 Å². The molecule has 130 valence electrons. The highest BCUT2D eigenvalue weighted by Gasteiger charge is 2.35. The van der Waals surface area contributed by atoms with Crippen molar-refractivity contribution in [2.45, 2.75) is 19.8 Å². The zero-order valence-electron chi connectivity index (χ0n) is 14.8. The topological polar surface area (TPSA) is 40.6 Å². The first kappa shape index (κ1) is 17.2. The van der Waals surface area contributed by atoms with E-state index in [1.807, 2.05) is 54.3 Å². The molecule has 0 spiro atoms. The van der Waals surface area contributed by atoms with Crippen LogP contribution in [0.1, 0.15) is 17.5 Å². The number of carbonyl (C=O) groups is 2. The Labute approximate surface area is 149 Å². The molecule has 2 amide bonds. The second kappa shape index (κ2) is 7.51. The number of amides is 2. The van der Waals surface area contributed by atoms with Crippen molar-refractivity contribution in [3.8, 4) is 0 Å². The number of hydrogen-bond donors (Lipinski definition) is 0. The lowest BCUT2D eigenvalue weighted by atomic mass is 10.1. The van der Waals surface area contributed by atoms with Crippen LogP contribution in [0.15, 0.2) is 54.6 Å². The van der Waals surface area contributed by atoms with Crippen molar-refractivity contribution < 1.29 is 9.59 Å². The highest BCUT2D eigenvalue weighted by Crippen LogP contribution is 2.23. The fourth-order valence-electron chi connectivity index (χ4n) is 3.23. The van der Waals surface area contributed by atoms with Crippen molar-refractivity contribution in [1.29, 1.82) is 0 Å². The van der Waals surface area contributed by atoms with E-state index in [1.165, 1.54) is 5.56 Å². The molecular weight excluding hydrogens is 312 g/mol. The Hall–Kier alpha value is -2.62. The Morgan fingerprint density at radius 1 is 1.12 bits per heavy atom. The fraction of sp³-hybridized carbons (Fsp3) is 0.333. The smallest absolute Gasteiger partial charge is 0.232 e. The molecule has 2 aromatic rings. The van der Waals surface area contributed by atoms with E-state index in [0.29, 0.717) is 19.5 Å². The minimum absolute atomic E-state index is 0.0133. The fourth-order valence-corrected chi connectivity index (χ4v) is 3.23. The number of rotatable bonds is 5. The van der Waals surface area contributed by atoms with Gasteiger partial charge in [-0.2, -0.15) is 0 Å². The summed E-state index contributed by atoms with van der Waals surface area (Å²) in [6.07, 6.45) is 1.13. The minimum atomic E-state index is -0.255. The lowest BCUT2D eigenvalue weighted by Crippen LogP contribution is -2.35. The molecular formula is C21H24N2O2. The van der Waals surface area contributed by atoms with Crippen molar-refractivity contribution in [2.24, 2.45) is 5.92 Å². The van der Waals surface area contributed by atoms with E-state index in [1.54, 1.807) is 11.9 Å². The van der Waals surface area contributed by atoms with Crippen LogP contribution in [0.2, 0.25) is 0 Å². The molecule has 4 heteroatoms. The van der Waals surface area contributed by atoms with Gasteiger partial charge < -0.3 is 9.80 Å². The van der Waals surface area contributed by atoms with Crippen LogP contribution in [0.5, 0.6) is 0 Å². The van der Waals surface area contributed by atoms with E-state index < -0.39 is 0 Å². The predicted molar refractivity (Wildman–Crippen MR) is 99.4 cm³/mol. The number of anilines is 1. The average Bonchev–Trinajstić information content (AvgIpc) is 3.01. The number of likely N-dealkylation sites (tertiary alicyclic amines) is 1. The molecule has 1 heterocycles. The molecule has 1 aliphatic heterocycles. The van der Waals surface area contributed by atoms with Gasteiger partial charge in [0.05, 0.1) is 5.92 Å². The summed E-state index contributed by atoms with van der Waals surface area (Å²) >= 11 is 0. The molecule has 0 unspecified atom stereocenters. The molecule has 0 aromatic heterocycles. The molecule has 25 heavy (non-hydrogen) atoms. The summed E-state index contributed by atoms with van der Waals surface area (Å²) < 4.78 is 0. The monoisotopic (exact) mass is 336 g/mol. The molecule has 3 rings (SSSR count). The molecule has 0 radical (unpaired) electrons. The van der Waals surface area contributed by atoms with Crippen LogP contribution >= 0.6 is 0 Å². The van der Waals surface area contributed by atoms with Gasteiger partial charge in [0.15, 0.2) is 0 Å². The van der Waals surface area contributed by atoms with E-state index in [2.05, 4.69) is 12.1 Å². The molecule has 1 saturated heterocycles. The highest BCUT2D eigenvalue weighted by molar-refractivity contribution is 5.98. The Bertz CT molecular complexity index is 740. The molecule has 0 saturated carbocycles. The zero-order valence-corrected chi connectivity index (χ0v) is 14.8. The van der Waals surface area contributed by atoms with Crippen LogP contribution in [-0.2, 0) is 16.0 Å². The largest absolute Gasteiger partial charge is 0.342 e. The van der Waals surface area contributed by atoms with Crippen molar-refractivity contribution in [2.75, 3.05) is 25.0 Å². The maximum Gasteiger partial charge on any atom is 0.232 e. The Kier molecular flexibility index (Phi) is 5.17. The number of carbonyl (C=O) groups excluding carboxylic acids is 2. The van der Waals surface area contributed by atoms with Crippen molar-refractivity contribution in [1.82, 2.24) is 4.90 Å². The molecule has 1 atom stereocenters. The third-order valence-corrected chi connectivity index (χ3v) is 4.83. The number of nitrogens with zero attached hydrogens (tertiary/aromatic N) is 2. The van der Waals surface area contributed by atoms with Gasteiger partial charge in [-0.15, -0.1) is 0 Å². The lowest BCUT2D eigenvalue weighted by molar-refractivity contribution is -0.128. The van der Waals surface area contributed by atoms with E-state index in [4.69, 9.17) is 0 Å². The van der Waals surface area contributed by atoms with Gasteiger partial charge in [-0.25, -0.2) is 0 Å². The van der Waals surface area contributed by atoms with E-state index in [0.717, 1.165) is 17.7 Å². The first-order chi connectivity index (χ1) is 12.0. The van der Waals surface area contributed by atoms with Gasteiger partial charge in [0.2, 0.25) is 11.8 Å². The Morgan fingerprint density at radius 2 is 1.80 bits per heavy atom. The number of aryl methyl sites for hydroxylation is 1. The van der Waals surface area contributed by atoms with E-state index in [-0.39, 0.29) is 17.7 Å². The quantitative estimate of drug-likeness (QED) is 0.842. The van der Waals surface area contributed by atoms with Crippen molar-refractivity contribution in [3.63, 3.8) is 0 Å². The summed E-state index contributed by atoms with van der Waals surface area (Å²) in [6, 6.07) is 18.0. The van der Waals surface area contributed by atoms with Gasteiger partial charge in [-0.1, -0.05) is 48.0 Å². The maximum absolute atomic E-state index is 12.7. The maximum atomic E-state index is 12.7. The highest BCUT2D eigenvalue weighted by atomic mass is 16.2. The van der Waals surface area contributed by atoms with Crippen LogP contribution in [0.3, 0.4) is 0 Å². The summed E-state index contributed by atoms with van der Waals surface area (Å²) in [5.74, 6) is -0.166. The summed E-state index contributed by atoms with van der Waals surface area (Å²) in [7, 11) is 1.78. The molecule has 4 nitrogen and oxygen atoms in total. The normalized spacial score (nSPS) is 17.0. The molecule has 2 aromatic carbocycles. The molecule has 0 bridgehead atoms. The molecule has 0 aliphatic carbocycles. The summed E-state index contributed by atoms with van der Waals surface area (Å²) in [6.45, 7) is 3.20. The van der Waals surface area contributed by atoms with Gasteiger partial charge in [-0.3, -0.25) is 9.59 Å². The van der Waals surface area contributed by atoms with E-state index in [9.17, 15) is 9.59 Å². The van der Waals surface area contributed by atoms with Gasteiger partial charge >= 0.3 is 0 Å². The van der Waals surface area contributed by atoms with Crippen LogP contribution in [0.4, 0.5) is 5.69 Å². The zero-order chi connectivity index (χ0) is 17.8. The van der Waals surface area contributed by atoms with Gasteiger partial charge in [0.1, 0.15) is 0 Å². The third kappa shape index (κ3) is 4.08. The first-order valence-corrected chi connectivity index (χ1v) is 8.70. The SMILES string of the molecule is Cc1ccc(N(C)C(=O)[C@H]2CC(=O)N(CCc3ccccc3)C2)cc1. The molecule has 1 fully saturated rings. The van der Waals surface area contributed by atoms with Crippen LogP contribution in [0.25, 0.3) is 0 Å². The number of benzene rings is 2. The average molecular weight is 336 g/mol. The molecule has 0 N–H and O–H groups in total. The predicted octanol–water partition coefficient (Wildman–Crippen LogP) is 3.05. The van der Waals surface area contributed by atoms with Crippen molar-refractivity contribution in [3.05, 3.63) is 65.7 Å².